The van der Waals surface area contributed by atoms with Crippen LogP contribution in [0, 0.1) is 5.92 Å². The lowest BCUT2D eigenvalue weighted by Crippen LogP contribution is -2.30. The summed E-state index contributed by atoms with van der Waals surface area (Å²) in [5.74, 6) is 0.775. The smallest absolute Gasteiger partial charge is 0.222 e. The summed E-state index contributed by atoms with van der Waals surface area (Å²) in [7, 11) is 0. The normalized spacial score (nSPS) is 12.2. The molecule has 1 aromatic rings. The summed E-state index contributed by atoms with van der Waals surface area (Å²) in [6, 6.07) is 7.69. The SMILES string of the molecule is CCC(CCN)CCC(=O)N(CC)Cc1cccc(Cl)c1. The van der Waals surface area contributed by atoms with Crippen LogP contribution in [0.4, 0.5) is 0 Å². The zero-order valence-corrected chi connectivity index (χ0v) is 13.9. The van der Waals surface area contributed by atoms with Crippen molar-refractivity contribution >= 4 is 17.5 Å². The number of benzene rings is 1. The van der Waals surface area contributed by atoms with E-state index in [1.165, 1.54) is 0 Å². The van der Waals surface area contributed by atoms with Crippen molar-refractivity contribution in [2.75, 3.05) is 13.1 Å². The minimum atomic E-state index is 0.216. The summed E-state index contributed by atoms with van der Waals surface area (Å²) < 4.78 is 0. The second-order valence-corrected chi connectivity index (χ2v) is 5.86. The first-order valence-corrected chi connectivity index (χ1v) is 8.20. The van der Waals surface area contributed by atoms with Gasteiger partial charge in [-0.25, -0.2) is 0 Å². The number of hydrogen-bond donors (Lipinski definition) is 1. The minimum Gasteiger partial charge on any atom is -0.339 e. The van der Waals surface area contributed by atoms with E-state index in [1.54, 1.807) is 0 Å². The molecule has 1 rings (SSSR count). The summed E-state index contributed by atoms with van der Waals surface area (Å²) in [5.41, 5.74) is 6.68. The number of rotatable bonds is 9. The molecule has 0 radical (unpaired) electrons. The van der Waals surface area contributed by atoms with Gasteiger partial charge in [0, 0.05) is 24.5 Å². The zero-order chi connectivity index (χ0) is 15.7. The van der Waals surface area contributed by atoms with E-state index in [0.29, 0.717) is 30.5 Å². The number of carbonyl (C=O) groups is 1. The predicted octanol–water partition coefficient (Wildman–Crippen LogP) is 3.84. The predicted molar refractivity (Wildman–Crippen MR) is 89.2 cm³/mol. The fourth-order valence-electron chi connectivity index (χ4n) is 2.51. The van der Waals surface area contributed by atoms with E-state index in [2.05, 4.69) is 6.92 Å². The van der Waals surface area contributed by atoms with Crippen LogP contribution in [0.15, 0.2) is 24.3 Å². The minimum absolute atomic E-state index is 0.216. The highest BCUT2D eigenvalue weighted by molar-refractivity contribution is 6.30. The van der Waals surface area contributed by atoms with Crippen LogP contribution in [-0.4, -0.2) is 23.9 Å². The van der Waals surface area contributed by atoms with Crippen molar-refractivity contribution < 1.29 is 4.79 Å². The molecule has 0 heterocycles. The van der Waals surface area contributed by atoms with Crippen LogP contribution in [0.2, 0.25) is 5.02 Å². The van der Waals surface area contributed by atoms with Crippen molar-refractivity contribution in [1.82, 2.24) is 4.90 Å². The van der Waals surface area contributed by atoms with Gasteiger partial charge < -0.3 is 10.6 Å². The van der Waals surface area contributed by atoms with Crippen LogP contribution in [0.1, 0.15) is 45.1 Å². The van der Waals surface area contributed by atoms with E-state index < -0.39 is 0 Å². The molecule has 0 aliphatic heterocycles. The van der Waals surface area contributed by atoms with Crippen LogP contribution < -0.4 is 5.73 Å². The molecule has 1 aromatic carbocycles. The van der Waals surface area contributed by atoms with Gasteiger partial charge in [-0.15, -0.1) is 0 Å². The Labute approximate surface area is 133 Å². The molecule has 1 amide bonds. The number of nitrogens with zero attached hydrogens (tertiary/aromatic N) is 1. The van der Waals surface area contributed by atoms with Crippen LogP contribution in [0.25, 0.3) is 0 Å². The Balaban J connectivity index is 2.53. The van der Waals surface area contributed by atoms with Gasteiger partial charge in [-0.2, -0.15) is 0 Å². The molecule has 0 saturated carbocycles. The molecule has 0 aliphatic carbocycles. The molecule has 0 fully saturated rings. The molecular weight excluding hydrogens is 284 g/mol. The Kier molecular flexibility index (Phi) is 8.40. The van der Waals surface area contributed by atoms with E-state index in [0.717, 1.165) is 31.4 Å². The highest BCUT2D eigenvalue weighted by atomic mass is 35.5. The van der Waals surface area contributed by atoms with Crippen molar-refractivity contribution in [3.8, 4) is 0 Å². The number of carbonyl (C=O) groups excluding carboxylic acids is 1. The average molecular weight is 311 g/mol. The first-order chi connectivity index (χ1) is 10.1. The molecule has 0 bridgehead atoms. The molecule has 1 atom stereocenters. The zero-order valence-electron chi connectivity index (χ0n) is 13.1. The Morgan fingerprint density at radius 3 is 2.67 bits per heavy atom. The highest BCUT2D eigenvalue weighted by Crippen LogP contribution is 2.17. The third kappa shape index (κ3) is 6.49. The lowest BCUT2D eigenvalue weighted by molar-refractivity contribution is -0.131. The molecule has 0 spiro atoms. The van der Waals surface area contributed by atoms with Gasteiger partial charge in [0.15, 0.2) is 0 Å². The fourth-order valence-corrected chi connectivity index (χ4v) is 2.72. The lowest BCUT2D eigenvalue weighted by atomic mass is 9.96. The Bertz CT molecular complexity index is 437. The monoisotopic (exact) mass is 310 g/mol. The average Bonchev–Trinajstić information content (AvgIpc) is 2.48. The molecular formula is C17H27ClN2O. The van der Waals surface area contributed by atoms with Crippen LogP contribution in [0.5, 0.6) is 0 Å². The number of nitrogens with two attached hydrogens (primary N) is 1. The molecule has 0 saturated heterocycles. The second-order valence-electron chi connectivity index (χ2n) is 5.43. The van der Waals surface area contributed by atoms with Gasteiger partial charge >= 0.3 is 0 Å². The number of hydrogen-bond acceptors (Lipinski definition) is 2. The topological polar surface area (TPSA) is 46.3 Å². The van der Waals surface area contributed by atoms with E-state index in [9.17, 15) is 4.79 Å². The first-order valence-electron chi connectivity index (χ1n) is 7.82. The molecule has 0 aromatic heterocycles. The number of amides is 1. The summed E-state index contributed by atoms with van der Waals surface area (Å²) in [6.45, 7) is 6.23. The quantitative estimate of drug-likeness (QED) is 0.753. The van der Waals surface area contributed by atoms with E-state index in [1.807, 2.05) is 36.1 Å². The van der Waals surface area contributed by atoms with E-state index >= 15 is 0 Å². The van der Waals surface area contributed by atoms with Crippen LogP contribution >= 0.6 is 11.6 Å². The Morgan fingerprint density at radius 2 is 2.10 bits per heavy atom. The molecule has 21 heavy (non-hydrogen) atoms. The number of halogens is 1. The van der Waals surface area contributed by atoms with E-state index in [-0.39, 0.29) is 5.91 Å². The van der Waals surface area contributed by atoms with Gasteiger partial charge in [0.05, 0.1) is 0 Å². The molecule has 118 valence electrons. The van der Waals surface area contributed by atoms with Gasteiger partial charge in [0.25, 0.3) is 0 Å². The maximum absolute atomic E-state index is 12.3. The van der Waals surface area contributed by atoms with Gasteiger partial charge in [-0.1, -0.05) is 37.1 Å². The van der Waals surface area contributed by atoms with Crippen molar-refractivity contribution in [2.24, 2.45) is 11.7 Å². The molecule has 0 aliphatic rings. The largest absolute Gasteiger partial charge is 0.339 e. The van der Waals surface area contributed by atoms with Gasteiger partial charge in [0.2, 0.25) is 5.91 Å². The van der Waals surface area contributed by atoms with Crippen molar-refractivity contribution in [2.45, 2.75) is 46.1 Å². The Hall–Kier alpha value is -1.06. The summed E-state index contributed by atoms with van der Waals surface area (Å²) in [5, 5.41) is 0.713. The Morgan fingerprint density at radius 1 is 1.33 bits per heavy atom. The van der Waals surface area contributed by atoms with Gasteiger partial charge in [-0.05, 0) is 49.9 Å². The third-order valence-electron chi connectivity index (χ3n) is 3.92. The fraction of sp³-hybridized carbons (Fsp3) is 0.588. The summed E-state index contributed by atoms with van der Waals surface area (Å²) in [4.78, 5) is 14.2. The molecule has 3 nitrogen and oxygen atoms in total. The van der Waals surface area contributed by atoms with Crippen LogP contribution in [-0.2, 0) is 11.3 Å². The van der Waals surface area contributed by atoms with Crippen LogP contribution in [0.3, 0.4) is 0 Å². The second kappa shape index (κ2) is 9.80. The van der Waals surface area contributed by atoms with Crippen molar-refractivity contribution in [3.05, 3.63) is 34.9 Å². The molecule has 2 N–H and O–H groups in total. The van der Waals surface area contributed by atoms with Gasteiger partial charge in [-0.3, -0.25) is 4.79 Å². The van der Waals surface area contributed by atoms with Crippen molar-refractivity contribution in [1.29, 1.82) is 0 Å². The lowest BCUT2D eigenvalue weighted by Gasteiger charge is -2.22. The maximum atomic E-state index is 12.3. The summed E-state index contributed by atoms with van der Waals surface area (Å²) >= 11 is 5.99. The molecule has 1 unspecified atom stereocenters. The maximum Gasteiger partial charge on any atom is 0.222 e. The highest BCUT2D eigenvalue weighted by Gasteiger charge is 2.14. The van der Waals surface area contributed by atoms with E-state index in [4.69, 9.17) is 17.3 Å². The van der Waals surface area contributed by atoms with Crippen molar-refractivity contribution in [3.63, 3.8) is 0 Å². The first kappa shape index (κ1) is 18.0. The standard InChI is InChI=1S/C17H27ClN2O/c1-3-14(10-11-19)8-9-17(21)20(4-2)13-15-6-5-7-16(18)12-15/h5-7,12,14H,3-4,8-11,13,19H2,1-2H3. The third-order valence-corrected chi connectivity index (χ3v) is 4.15. The molecule has 4 heteroatoms. The summed E-state index contributed by atoms with van der Waals surface area (Å²) in [6.07, 6.45) is 3.63. The van der Waals surface area contributed by atoms with Gasteiger partial charge in [0.1, 0.15) is 0 Å².